The highest BCUT2D eigenvalue weighted by molar-refractivity contribution is 6.30. The molecule has 1 N–H and O–H groups in total. The molecule has 0 aliphatic carbocycles. The predicted molar refractivity (Wildman–Crippen MR) is 89.1 cm³/mol. The van der Waals surface area contributed by atoms with Crippen LogP contribution in [-0.2, 0) is 0 Å². The summed E-state index contributed by atoms with van der Waals surface area (Å²) in [5.74, 6) is -0.0660. The first kappa shape index (κ1) is 15.1. The number of hydrogen-bond acceptors (Lipinski definition) is 2. The van der Waals surface area contributed by atoms with E-state index in [-0.39, 0.29) is 18.0 Å². The van der Waals surface area contributed by atoms with Crippen molar-refractivity contribution in [1.29, 1.82) is 0 Å². The van der Waals surface area contributed by atoms with Gasteiger partial charge in [-0.3, -0.25) is 9.69 Å². The first-order valence-corrected chi connectivity index (χ1v) is 7.84. The molecule has 2 aromatic rings. The summed E-state index contributed by atoms with van der Waals surface area (Å²) in [6.07, 6.45) is 0.947. The Morgan fingerprint density at radius 3 is 2.68 bits per heavy atom. The lowest BCUT2D eigenvalue weighted by molar-refractivity contribution is 0.0927. The SMILES string of the molecule is CN1CCC(NC(=O)c2cccc(Cl)c2)C1c1ccccc1. The zero-order valence-corrected chi connectivity index (χ0v) is 13.3. The summed E-state index contributed by atoms with van der Waals surface area (Å²) >= 11 is 5.97. The molecule has 3 rings (SSSR count). The fourth-order valence-corrected chi connectivity index (χ4v) is 3.31. The molecule has 1 aliphatic rings. The van der Waals surface area contributed by atoms with Gasteiger partial charge in [-0.2, -0.15) is 0 Å². The lowest BCUT2D eigenvalue weighted by Gasteiger charge is -2.26. The second kappa shape index (κ2) is 6.51. The van der Waals surface area contributed by atoms with Crippen LogP contribution in [0.15, 0.2) is 54.6 Å². The fraction of sp³-hybridized carbons (Fsp3) is 0.278. The first-order valence-electron chi connectivity index (χ1n) is 7.47. The van der Waals surface area contributed by atoms with Gasteiger partial charge in [-0.15, -0.1) is 0 Å². The van der Waals surface area contributed by atoms with E-state index in [4.69, 9.17) is 11.6 Å². The van der Waals surface area contributed by atoms with E-state index in [1.54, 1.807) is 24.3 Å². The van der Waals surface area contributed by atoms with E-state index in [0.717, 1.165) is 13.0 Å². The molecule has 2 aromatic carbocycles. The lowest BCUT2D eigenvalue weighted by Crippen LogP contribution is -2.38. The van der Waals surface area contributed by atoms with Gasteiger partial charge < -0.3 is 5.32 Å². The van der Waals surface area contributed by atoms with E-state index in [1.807, 2.05) is 18.2 Å². The minimum Gasteiger partial charge on any atom is -0.347 e. The molecule has 0 aromatic heterocycles. The molecule has 2 atom stereocenters. The number of rotatable bonds is 3. The summed E-state index contributed by atoms with van der Waals surface area (Å²) in [7, 11) is 2.10. The molecule has 1 fully saturated rings. The Balaban J connectivity index is 1.78. The van der Waals surface area contributed by atoms with Gasteiger partial charge in [-0.05, 0) is 37.2 Å². The third-order valence-electron chi connectivity index (χ3n) is 4.19. The van der Waals surface area contributed by atoms with Gasteiger partial charge in [0, 0.05) is 17.1 Å². The summed E-state index contributed by atoms with van der Waals surface area (Å²) in [5, 5.41) is 3.74. The molecular formula is C18H19ClN2O. The van der Waals surface area contributed by atoms with Gasteiger partial charge in [0.2, 0.25) is 0 Å². The number of likely N-dealkylation sites (N-methyl/N-ethyl adjacent to an activating group) is 1. The molecule has 2 unspecified atom stereocenters. The maximum Gasteiger partial charge on any atom is 0.251 e. The van der Waals surface area contributed by atoms with E-state index >= 15 is 0 Å². The number of likely N-dealkylation sites (tertiary alicyclic amines) is 1. The van der Waals surface area contributed by atoms with Crippen LogP contribution < -0.4 is 5.32 Å². The maximum absolute atomic E-state index is 12.4. The van der Waals surface area contributed by atoms with Gasteiger partial charge in [0.25, 0.3) is 5.91 Å². The summed E-state index contributed by atoms with van der Waals surface area (Å²) in [5.41, 5.74) is 1.84. The quantitative estimate of drug-likeness (QED) is 0.940. The largest absolute Gasteiger partial charge is 0.347 e. The molecule has 1 heterocycles. The predicted octanol–water partition coefficient (Wildman–Crippen LogP) is 3.52. The van der Waals surface area contributed by atoms with Crippen LogP contribution in [0.5, 0.6) is 0 Å². The summed E-state index contributed by atoms with van der Waals surface area (Å²) in [6.45, 7) is 0.972. The summed E-state index contributed by atoms with van der Waals surface area (Å²) in [4.78, 5) is 14.7. The number of amides is 1. The molecular weight excluding hydrogens is 296 g/mol. The highest BCUT2D eigenvalue weighted by atomic mass is 35.5. The molecule has 4 heteroatoms. The van der Waals surface area contributed by atoms with Gasteiger partial charge in [-0.1, -0.05) is 48.0 Å². The van der Waals surface area contributed by atoms with Crippen molar-refractivity contribution in [3.05, 3.63) is 70.7 Å². The van der Waals surface area contributed by atoms with E-state index < -0.39 is 0 Å². The molecule has 3 nitrogen and oxygen atoms in total. The smallest absolute Gasteiger partial charge is 0.251 e. The maximum atomic E-state index is 12.4. The van der Waals surface area contributed by atoms with Crippen molar-refractivity contribution in [2.24, 2.45) is 0 Å². The van der Waals surface area contributed by atoms with Crippen molar-refractivity contribution in [3.8, 4) is 0 Å². The van der Waals surface area contributed by atoms with Crippen LogP contribution in [0.4, 0.5) is 0 Å². The molecule has 0 saturated carbocycles. The van der Waals surface area contributed by atoms with Crippen molar-refractivity contribution >= 4 is 17.5 Å². The Labute approximate surface area is 135 Å². The van der Waals surface area contributed by atoms with Gasteiger partial charge in [-0.25, -0.2) is 0 Å². The average Bonchev–Trinajstić information content (AvgIpc) is 2.89. The number of nitrogens with zero attached hydrogens (tertiary/aromatic N) is 1. The normalized spacial score (nSPS) is 21.7. The van der Waals surface area contributed by atoms with Gasteiger partial charge in [0.15, 0.2) is 0 Å². The Morgan fingerprint density at radius 2 is 1.95 bits per heavy atom. The van der Waals surface area contributed by atoms with Gasteiger partial charge in [0.1, 0.15) is 0 Å². The number of carbonyl (C=O) groups is 1. The van der Waals surface area contributed by atoms with Crippen LogP contribution >= 0.6 is 11.6 Å². The molecule has 22 heavy (non-hydrogen) atoms. The third kappa shape index (κ3) is 3.16. The minimum atomic E-state index is -0.0660. The van der Waals surface area contributed by atoms with Crippen molar-refractivity contribution in [1.82, 2.24) is 10.2 Å². The van der Waals surface area contributed by atoms with Crippen LogP contribution in [0.25, 0.3) is 0 Å². The Kier molecular flexibility index (Phi) is 4.46. The topological polar surface area (TPSA) is 32.3 Å². The summed E-state index contributed by atoms with van der Waals surface area (Å²) in [6, 6.07) is 17.7. The van der Waals surface area contributed by atoms with Crippen molar-refractivity contribution in [2.75, 3.05) is 13.6 Å². The fourth-order valence-electron chi connectivity index (χ4n) is 3.12. The highest BCUT2D eigenvalue weighted by Crippen LogP contribution is 2.31. The van der Waals surface area contributed by atoms with Crippen molar-refractivity contribution in [2.45, 2.75) is 18.5 Å². The van der Waals surface area contributed by atoms with E-state index in [9.17, 15) is 4.79 Å². The molecule has 0 spiro atoms. The standard InChI is InChI=1S/C18H19ClN2O/c1-21-11-10-16(17(21)13-6-3-2-4-7-13)20-18(22)14-8-5-9-15(19)12-14/h2-9,12,16-17H,10-11H2,1H3,(H,20,22). The number of benzene rings is 2. The number of hydrogen-bond donors (Lipinski definition) is 1. The Hall–Kier alpha value is -1.84. The Bertz CT molecular complexity index is 659. The van der Waals surface area contributed by atoms with Crippen LogP contribution in [-0.4, -0.2) is 30.4 Å². The molecule has 1 amide bonds. The molecule has 1 aliphatic heterocycles. The summed E-state index contributed by atoms with van der Waals surface area (Å²) < 4.78 is 0. The van der Waals surface area contributed by atoms with Gasteiger partial charge >= 0.3 is 0 Å². The van der Waals surface area contributed by atoms with E-state index in [0.29, 0.717) is 10.6 Å². The first-order chi connectivity index (χ1) is 10.6. The zero-order chi connectivity index (χ0) is 15.5. The van der Waals surface area contributed by atoms with Crippen LogP contribution in [0, 0.1) is 0 Å². The molecule has 0 bridgehead atoms. The highest BCUT2D eigenvalue weighted by Gasteiger charge is 2.33. The molecule has 1 saturated heterocycles. The Morgan fingerprint density at radius 1 is 1.18 bits per heavy atom. The lowest BCUT2D eigenvalue weighted by atomic mass is 10.00. The second-order valence-electron chi connectivity index (χ2n) is 5.72. The van der Waals surface area contributed by atoms with Crippen LogP contribution in [0.3, 0.4) is 0 Å². The van der Waals surface area contributed by atoms with E-state index in [2.05, 4.69) is 29.4 Å². The average molecular weight is 315 g/mol. The van der Waals surface area contributed by atoms with Gasteiger partial charge in [0.05, 0.1) is 12.1 Å². The minimum absolute atomic E-state index is 0.0660. The number of carbonyl (C=O) groups excluding carboxylic acids is 1. The van der Waals surface area contributed by atoms with Crippen LogP contribution in [0.1, 0.15) is 28.4 Å². The van der Waals surface area contributed by atoms with Crippen LogP contribution in [0.2, 0.25) is 5.02 Å². The monoisotopic (exact) mass is 314 g/mol. The number of nitrogens with one attached hydrogen (secondary N) is 1. The number of halogens is 1. The molecule has 114 valence electrons. The second-order valence-corrected chi connectivity index (χ2v) is 6.15. The zero-order valence-electron chi connectivity index (χ0n) is 12.5. The van der Waals surface area contributed by atoms with E-state index in [1.165, 1.54) is 5.56 Å². The van der Waals surface area contributed by atoms with Crippen molar-refractivity contribution < 1.29 is 4.79 Å². The van der Waals surface area contributed by atoms with Crippen molar-refractivity contribution in [3.63, 3.8) is 0 Å². The third-order valence-corrected chi connectivity index (χ3v) is 4.43. The molecule has 0 radical (unpaired) electrons.